The molecule has 1 aromatic heterocycles. The van der Waals surface area contributed by atoms with Crippen molar-refractivity contribution in [3.8, 4) is 0 Å². The molecule has 3 aromatic rings. The molecule has 174 valence electrons. The lowest BCUT2D eigenvalue weighted by Crippen LogP contribution is -2.54. The molecule has 7 nitrogen and oxygen atoms in total. The number of carbonyl (C=O) groups excluding carboxylic acids is 1. The minimum atomic E-state index is -3.72. The molecule has 1 atom stereocenters. The molecule has 2 saturated heterocycles. The zero-order chi connectivity index (χ0) is 23.2. The van der Waals surface area contributed by atoms with E-state index in [0.717, 1.165) is 20.9 Å². The standard InChI is InChI=1S/C23H25FN4O3S2/c1-16-4-7-18(8-5-16)33(30,31)28-10-2-3-20(28)22(29)26-11-13-27(14-12-26)23-25-19-9-6-17(24)15-21(19)32-23/h4-9,15,20H,2-3,10-14H2,1H3. The average molecular weight is 489 g/mol. The second kappa shape index (κ2) is 8.66. The molecular formula is C23H25FN4O3S2. The van der Waals surface area contributed by atoms with Crippen molar-refractivity contribution in [2.45, 2.75) is 30.7 Å². The Kier molecular flexibility index (Phi) is 5.84. The first-order valence-corrected chi connectivity index (χ1v) is 13.3. The number of anilines is 1. The van der Waals surface area contributed by atoms with E-state index in [2.05, 4.69) is 9.88 Å². The number of benzene rings is 2. The van der Waals surface area contributed by atoms with Gasteiger partial charge in [0.05, 0.1) is 15.1 Å². The van der Waals surface area contributed by atoms with Gasteiger partial charge >= 0.3 is 0 Å². The molecule has 3 heterocycles. The third-order valence-electron chi connectivity index (χ3n) is 6.32. The molecule has 10 heteroatoms. The van der Waals surface area contributed by atoms with Crippen molar-refractivity contribution in [1.29, 1.82) is 0 Å². The Balaban J connectivity index is 1.27. The second-order valence-corrected chi connectivity index (χ2v) is 11.4. The van der Waals surface area contributed by atoms with Gasteiger partial charge in [0.1, 0.15) is 11.9 Å². The third kappa shape index (κ3) is 4.22. The molecule has 2 aliphatic heterocycles. The average Bonchev–Trinajstić information content (AvgIpc) is 3.46. The summed E-state index contributed by atoms with van der Waals surface area (Å²) >= 11 is 1.44. The van der Waals surface area contributed by atoms with Gasteiger partial charge in [0, 0.05) is 32.7 Å². The summed E-state index contributed by atoms with van der Waals surface area (Å²) in [6.07, 6.45) is 1.21. The van der Waals surface area contributed by atoms with Gasteiger partial charge in [-0.05, 0) is 50.1 Å². The van der Waals surface area contributed by atoms with Crippen molar-refractivity contribution in [1.82, 2.24) is 14.2 Å². The van der Waals surface area contributed by atoms with Crippen LogP contribution in [0.25, 0.3) is 10.2 Å². The van der Waals surface area contributed by atoms with Crippen molar-refractivity contribution >= 4 is 42.6 Å². The molecule has 1 unspecified atom stereocenters. The number of aryl methyl sites for hydroxylation is 1. The van der Waals surface area contributed by atoms with Crippen LogP contribution in [-0.2, 0) is 14.8 Å². The lowest BCUT2D eigenvalue weighted by atomic mass is 10.2. The Bertz CT molecular complexity index is 1280. The number of hydrogen-bond donors (Lipinski definition) is 0. The SMILES string of the molecule is Cc1ccc(S(=O)(=O)N2CCCC2C(=O)N2CCN(c3nc4ccc(F)cc4s3)CC2)cc1. The molecule has 0 radical (unpaired) electrons. The topological polar surface area (TPSA) is 73.8 Å². The van der Waals surface area contributed by atoms with Crippen LogP contribution in [0, 0.1) is 12.7 Å². The quantitative estimate of drug-likeness (QED) is 0.564. The van der Waals surface area contributed by atoms with E-state index < -0.39 is 16.1 Å². The van der Waals surface area contributed by atoms with Gasteiger partial charge in [0.15, 0.2) is 5.13 Å². The number of thiazole rings is 1. The Morgan fingerprint density at radius 2 is 1.79 bits per heavy atom. The van der Waals surface area contributed by atoms with Crippen LogP contribution >= 0.6 is 11.3 Å². The summed E-state index contributed by atoms with van der Waals surface area (Å²) in [7, 11) is -3.72. The summed E-state index contributed by atoms with van der Waals surface area (Å²) in [5.74, 6) is -0.413. The van der Waals surface area contributed by atoms with E-state index in [1.54, 1.807) is 35.2 Å². The fourth-order valence-corrected chi connectivity index (χ4v) is 7.16. The number of carbonyl (C=O) groups is 1. The number of fused-ring (bicyclic) bond motifs is 1. The number of sulfonamides is 1. The first-order chi connectivity index (χ1) is 15.8. The van der Waals surface area contributed by atoms with Gasteiger partial charge in [-0.3, -0.25) is 4.79 Å². The molecule has 5 rings (SSSR count). The highest BCUT2D eigenvalue weighted by atomic mass is 32.2. The summed E-state index contributed by atoms with van der Waals surface area (Å²) in [5.41, 5.74) is 1.75. The lowest BCUT2D eigenvalue weighted by Gasteiger charge is -2.37. The molecule has 0 bridgehead atoms. The fourth-order valence-electron chi connectivity index (χ4n) is 4.47. The van der Waals surface area contributed by atoms with Gasteiger partial charge in [-0.25, -0.2) is 17.8 Å². The van der Waals surface area contributed by atoms with Crippen LogP contribution in [0.2, 0.25) is 0 Å². The van der Waals surface area contributed by atoms with Crippen LogP contribution in [0.1, 0.15) is 18.4 Å². The van der Waals surface area contributed by atoms with E-state index >= 15 is 0 Å². The first kappa shape index (κ1) is 22.2. The van der Waals surface area contributed by atoms with E-state index in [1.807, 2.05) is 6.92 Å². The molecule has 0 saturated carbocycles. The number of halogens is 1. The summed E-state index contributed by atoms with van der Waals surface area (Å²) in [4.78, 5) is 22.0. The van der Waals surface area contributed by atoms with Gasteiger partial charge in [0.2, 0.25) is 15.9 Å². The Hall–Kier alpha value is -2.56. The van der Waals surface area contributed by atoms with E-state index in [9.17, 15) is 17.6 Å². The zero-order valence-electron chi connectivity index (χ0n) is 18.3. The van der Waals surface area contributed by atoms with Crippen molar-refractivity contribution in [3.05, 3.63) is 53.8 Å². The summed E-state index contributed by atoms with van der Waals surface area (Å²) in [6, 6.07) is 10.7. The number of hydrogen-bond acceptors (Lipinski definition) is 6. The van der Waals surface area contributed by atoms with Crippen LogP contribution < -0.4 is 4.90 Å². The Morgan fingerprint density at radius 3 is 2.52 bits per heavy atom. The maximum atomic E-state index is 13.5. The largest absolute Gasteiger partial charge is 0.345 e. The minimum absolute atomic E-state index is 0.130. The molecule has 0 aliphatic carbocycles. The minimum Gasteiger partial charge on any atom is -0.345 e. The molecule has 2 aromatic carbocycles. The monoisotopic (exact) mass is 488 g/mol. The van der Waals surface area contributed by atoms with Crippen LogP contribution in [-0.4, -0.2) is 67.3 Å². The van der Waals surface area contributed by atoms with Crippen molar-refractivity contribution < 1.29 is 17.6 Å². The predicted molar refractivity (Wildman–Crippen MR) is 126 cm³/mol. The van der Waals surface area contributed by atoms with E-state index in [-0.39, 0.29) is 16.6 Å². The molecule has 1 amide bonds. The van der Waals surface area contributed by atoms with Crippen LogP contribution in [0.15, 0.2) is 47.4 Å². The molecular weight excluding hydrogens is 463 g/mol. The maximum absolute atomic E-state index is 13.5. The number of piperazine rings is 1. The highest BCUT2D eigenvalue weighted by Gasteiger charge is 2.41. The van der Waals surface area contributed by atoms with E-state index in [1.165, 1.54) is 27.8 Å². The lowest BCUT2D eigenvalue weighted by molar-refractivity contribution is -0.134. The molecule has 0 N–H and O–H groups in total. The van der Waals surface area contributed by atoms with Gasteiger partial charge in [-0.1, -0.05) is 29.0 Å². The third-order valence-corrected chi connectivity index (χ3v) is 9.32. The van der Waals surface area contributed by atoms with Crippen LogP contribution in [0.4, 0.5) is 9.52 Å². The molecule has 0 spiro atoms. The first-order valence-electron chi connectivity index (χ1n) is 11.0. The zero-order valence-corrected chi connectivity index (χ0v) is 19.9. The van der Waals surface area contributed by atoms with Crippen LogP contribution in [0.5, 0.6) is 0 Å². The summed E-state index contributed by atoms with van der Waals surface area (Å²) in [6.45, 7) is 4.47. The van der Waals surface area contributed by atoms with Gasteiger partial charge in [-0.15, -0.1) is 0 Å². The maximum Gasteiger partial charge on any atom is 0.243 e. The molecule has 2 aliphatic rings. The fraction of sp³-hybridized carbons (Fsp3) is 0.391. The van der Waals surface area contributed by atoms with E-state index in [0.29, 0.717) is 45.6 Å². The van der Waals surface area contributed by atoms with Crippen molar-refractivity contribution in [3.63, 3.8) is 0 Å². The summed E-state index contributed by atoms with van der Waals surface area (Å²) < 4.78 is 42.1. The van der Waals surface area contributed by atoms with Crippen molar-refractivity contribution in [2.24, 2.45) is 0 Å². The normalized spacial score (nSPS) is 20.0. The predicted octanol–water partition coefficient (Wildman–Crippen LogP) is 3.25. The van der Waals surface area contributed by atoms with Gasteiger partial charge in [0.25, 0.3) is 0 Å². The molecule has 33 heavy (non-hydrogen) atoms. The Morgan fingerprint density at radius 1 is 1.06 bits per heavy atom. The number of amides is 1. The van der Waals surface area contributed by atoms with Crippen molar-refractivity contribution in [2.75, 3.05) is 37.6 Å². The van der Waals surface area contributed by atoms with E-state index in [4.69, 9.17) is 0 Å². The highest BCUT2D eigenvalue weighted by molar-refractivity contribution is 7.89. The van der Waals surface area contributed by atoms with Crippen LogP contribution in [0.3, 0.4) is 0 Å². The highest BCUT2D eigenvalue weighted by Crippen LogP contribution is 2.31. The summed E-state index contributed by atoms with van der Waals surface area (Å²) in [5, 5.41) is 0.812. The molecule has 2 fully saturated rings. The number of rotatable bonds is 4. The second-order valence-electron chi connectivity index (χ2n) is 8.51. The smallest absolute Gasteiger partial charge is 0.243 e. The number of aromatic nitrogens is 1. The Labute approximate surface area is 196 Å². The van der Waals surface area contributed by atoms with Gasteiger partial charge < -0.3 is 9.80 Å². The number of nitrogens with zero attached hydrogens (tertiary/aromatic N) is 4. The van der Waals surface area contributed by atoms with Gasteiger partial charge in [-0.2, -0.15) is 4.31 Å².